The summed E-state index contributed by atoms with van der Waals surface area (Å²) in [6.45, 7) is 2.08. The van der Waals surface area contributed by atoms with E-state index in [1.807, 2.05) is 36.4 Å². The summed E-state index contributed by atoms with van der Waals surface area (Å²) in [5, 5.41) is 1.14. The first-order valence-electron chi connectivity index (χ1n) is 6.26. The van der Waals surface area contributed by atoms with Crippen LogP contribution in [0.2, 0.25) is 0 Å². The fourth-order valence-corrected chi connectivity index (χ4v) is 2.06. The van der Waals surface area contributed by atoms with Crippen LogP contribution in [0.25, 0.3) is 22.3 Å². The Labute approximate surface area is 160 Å². The molecule has 0 fully saturated rings. The molecule has 1 heterocycles. The zero-order valence-corrected chi connectivity index (χ0v) is 19.0. The second-order valence-corrected chi connectivity index (χ2v) is 37.9. The summed E-state index contributed by atoms with van der Waals surface area (Å²) in [7, 11) is 0. The fourth-order valence-electron chi connectivity index (χ4n) is 2.06. The Bertz CT molecular complexity index is 751. The molecule has 1 aromatic heterocycles. The van der Waals surface area contributed by atoms with Crippen LogP contribution in [0.4, 0.5) is 0 Å². The van der Waals surface area contributed by atoms with Gasteiger partial charge in [0, 0.05) is 6.07 Å². The van der Waals surface area contributed by atoms with Crippen molar-refractivity contribution in [3.63, 3.8) is 0 Å². The average Bonchev–Trinajstić information content (AvgIpc) is 2.46. The van der Waals surface area contributed by atoms with Crippen molar-refractivity contribution in [1.29, 1.82) is 0 Å². The van der Waals surface area contributed by atoms with Crippen LogP contribution in [0.5, 0.6) is 0 Å². The summed E-state index contributed by atoms with van der Waals surface area (Å²) in [5.41, 5.74) is 1.96. The summed E-state index contributed by atoms with van der Waals surface area (Å²) in [6.07, 6.45) is 0. The van der Waals surface area contributed by atoms with Crippen LogP contribution in [-0.4, -0.2) is 0 Å². The van der Waals surface area contributed by atoms with Crippen molar-refractivity contribution in [3.8, 4) is 11.3 Å². The first kappa shape index (κ1) is 18.6. The zero-order chi connectivity index (χ0) is 16.2. The Kier molecular flexibility index (Phi) is 7.12. The Hall–Kier alpha value is 0.289. The van der Waals surface area contributed by atoms with Gasteiger partial charge in [0.2, 0.25) is 0 Å². The van der Waals surface area contributed by atoms with Crippen LogP contribution in [0, 0.1) is 6.92 Å². The van der Waals surface area contributed by atoms with E-state index in [0.29, 0.717) is 0 Å². The number of hydrogen-bond donors (Lipinski definition) is 0. The molecule has 0 atom stereocenters. The Balaban J connectivity index is 0.000000309. The van der Waals surface area contributed by atoms with Gasteiger partial charge in [-0.25, -0.2) is 4.42 Å². The topological polar surface area (TPSA) is 11.3 Å². The van der Waals surface area contributed by atoms with E-state index in [4.69, 9.17) is 4.42 Å². The SMILES string of the molecule is Cc1cc2ccccc2[o+]c1-c1ccccc1.[Br][Fe]([Br])([Br])[Br]. The average molecular weight is 597 g/mol. The molecular weight excluding hydrogens is 584 g/mol. The molecule has 0 aliphatic heterocycles. The van der Waals surface area contributed by atoms with E-state index in [0.717, 1.165) is 27.9 Å². The maximum atomic E-state index is 5.98. The molecule has 22 heavy (non-hydrogen) atoms. The van der Waals surface area contributed by atoms with Crippen molar-refractivity contribution >= 4 is 67.4 Å². The van der Waals surface area contributed by atoms with Gasteiger partial charge in [0.15, 0.2) is 0 Å². The molecule has 2 aromatic carbocycles. The molecule has 118 valence electrons. The van der Waals surface area contributed by atoms with Crippen molar-refractivity contribution < 1.29 is 10.0 Å². The van der Waals surface area contributed by atoms with E-state index in [-0.39, 0.29) is 0 Å². The summed E-state index contributed by atoms with van der Waals surface area (Å²) in [5.74, 6) is 0.948. The third-order valence-corrected chi connectivity index (χ3v) is 2.90. The van der Waals surface area contributed by atoms with Gasteiger partial charge in [0.05, 0.1) is 16.5 Å². The molecule has 1 nitrogen and oxygen atoms in total. The zero-order valence-electron chi connectivity index (χ0n) is 11.5. The Morgan fingerprint density at radius 2 is 1.36 bits per heavy atom. The van der Waals surface area contributed by atoms with Crippen LogP contribution in [0.15, 0.2) is 65.1 Å². The predicted molar refractivity (Wildman–Crippen MR) is 107 cm³/mol. The second-order valence-electron chi connectivity index (χ2n) is 4.47. The quantitative estimate of drug-likeness (QED) is 0.204. The minimum atomic E-state index is -1.25. The number of aryl methyl sites for hydroxylation is 1. The molecule has 0 spiro atoms. The Morgan fingerprint density at radius 1 is 0.818 bits per heavy atom. The number of fused-ring (bicyclic) bond motifs is 1. The molecular formula is C16H13Br4FeO+. The van der Waals surface area contributed by atoms with Crippen molar-refractivity contribution in [1.82, 2.24) is 0 Å². The molecule has 0 saturated carbocycles. The molecule has 0 aliphatic carbocycles. The molecule has 0 aliphatic rings. The van der Waals surface area contributed by atoms with Gasteiger partial charge in [-0.2, -0.15) is 0 Å². The van der Waals surface area contributed by atoms with Gasteiger partial charge in [-0.15, -0.1) is 0 Å². The number of hydrogen-bond acceptors (Lipinski definition) is 0. The minimum absolute atomic E-state index is 0.928. The van der Waals surface area contributed by atoms with Gasteiger partial charge >= 0.3 is 73.4 Å². The molecule has 0 saturated heterocycles. The predicted octanol–water partition coefficient (Wildman–Crippen LogP) is 8.07. The number of halogens is 4. The van der Waals surface area contributed by atoms with Crippen LogP contribution < -0.4 is 0 Å². The summed E-state index contributed by atoms with van der Waals surface area (Å²) < 4.78 is 5.98. The number of para-hydroxylation sites is 1. The molecule has 6 heteroatoms. The van der Waals surface area contributed by atoms with Crippen LogP contribution >= 0.6 is 56.4 Å². The Morgan fingerprint density at radius 3 is 2.00 bits per heavy atom. The molecule has 0 bridgehead atoms. The summed E-state index contributed by atoms with van der Waals surface area (Å²) in [6, 6.07) is 20.5. The van der Waals surface area contributed by atoms with E-state index in [1.165, 1.54) is 0 Å². The standard InChI is InChI=1S/C16H13O.4BrH.Fe/c1-12-11-14-9-5-6-10-15(14)17-16(12)13-7-3-2-4-8-13;;;;;/h2-11H,1H3;4*1H;/q+1;;;;;+4/p-4. The molecule has 0 amide bonds. The fraction of sp³-hybridized carbons (Fsp3) is 0.0625. The van der Waals surface area contributed by atoms with Gasteiger partial charge in [0.1, 0.15) is 0 Å². The monoisotopic (exact) mass is 593 g/mol. The van der Waals surface area contributed by atoms with Gasteiger partial charge in [-0.05, 0) is 31.2 Å². The summed E-state index contributed by atoms with van der Waals surface area (Å²) >= 11 is 13.0. The normalized spacial score (nSPS) is 11.7. The number of benzene rings is 2. The molecule has 0 radical (unpaired) electrons. The van der Waals surface area contributed by atoms with E-state index < -0.39 is 5.61 Å². The molecule has 0 N–H and O–H groups in total. The van der Waals surface area contributed by atoms with E-state index in [9.17, 15) is 0 Å². The number of rotatable bonds is 1. The van der Waals surface area contributed by atoms with Crippen molar-refractivity contribution in [2.45, 2.75) is 6.92 Å². The molecule has 3 rings (SSSR count). The van der Waals surface area contributed by atoms with E-state index >= 15 is 0 Å². The van der Waals surface area contributed by atoms with Crippen LogP contribution in [-0.2, 0) is 5.61 Å². The van der Waals surface area contributed by atoms with Crippen LogP contribution in [0.3, 0.4) is 0 Å². The molecule has 0 unspecified atom stereocenters. The maximum absolute atomic E-state index is 5.98. The van der Waals surface area contributed by atoms with Gasteiger partial charge in [-0.1, -0.05) is 30.3 Å². The third kappa shape index (κ3) is 6.06. The first-order chi connectivity index (χ1) is 10.3. The van der Waals surface area contributed by atoms with E-state index in [1.54, 1.807) is 0 Å². The van der Waals surface area contributed by atoms with Crippen molar-refractivity contribution in [2.24, 2.45) is 0 Å². The van der Waals surface area contributed by atoms with Gasteiger partial charge in [0.25, 0.3) is 0 Å². The first-order valence-corrected chi connectivity index (χ1v) is 17.2. The second kappa shape index (κ2) is 8.41. The van der Waals surface area contributed by atoms with Crippen LogP contribution in [0.1, 0.15) is 5.56 Å². The summed E-state index contributed by atoms with van der Waals surface area (Å²) in [4.78, 5) is 0. The molecule has 3 aromatic rings. The van der Waals surface area contributed by atoms with Crippen molar-refractivity contribution in [2.75, 3.05) is 0 Å². The van der Waals surface area contributed by atoms with Crippen molar-refractivity contribution in [3.05, 3.63) is 66.2 Å². The van der Waals surface area contributed by atoms with Gasteiger partial charge < -0.3 is 0 Å². The van der Waals surface area contributed by atoms with E-state index in [2.05, 4.69) is 87.6 Å². The third-order valence-electron chi connectivity index (χ3n) is 2.90. The van der Waals surface area contributed by atoms with Gasteiger partial charge in [-0.3, -0.25) is 0 Å².